The summed E-state index contributed by atoms with van der Waals surface area (Å²) < 4.78 is 11.0. The molecule has 4 heteroatoms. The lowest BCUT2D eigenvalue weighted by molar-refractivity contribution is 0.0703. The number of aliphatic hydroxyl groups excluding tert-OH is 1. The normalized spacial score (nSPS) is 17.5. The Morgan fingerprint density at radius 1 is 1.32 bits per heavy atom. The molecular weight excluding hydrogens is 242 g/mol. The lowest BCUT2D eigenvalue weighted by atomic mass is 10.1. The van der Waals surface area contributed by atoms with Gasteiger partial charge in [-0.25, -0.2) is 0 Å². The van der Waals surface area contributed by atoms with Gasteiger partial charge in [0.15, 0.2) is 0 Å². The maximum Gasteiger partial charge on any atom is 0.122 e. The van der Waals surface area contributed by atoms with Gasteiger partial charge in [0.25, 0.3) is 0 Å². The van der Waals surface area contributed by atoms with Crippen LogP contribution in [-0.2, 0) is 11.2 Å². The molecule has 0 bridgehead atoms. The van der Waals surface area contributed by atoms with E-state index in [0.717, 1.165) is 25.1 Å². The molecule has 1 aliphatic carbocycles. The van der Waals surface area contributed by atoms with Gasteiger partial charge in [0.05, 0.1) is 19.8 Å². The molecule has 1 atom stereocenters. The summed E-state index contributed by atoms with van der Waals surface area (Å²) in [5.74, 6) is 0.977. The van der Waals surface area contributed by atoms with Crippen molar-refractivity contribution in [1.29, 1.82) is 0 Å². The van der Waals surface area contributed by atoms with Gasteiger partial charge in [0, 0.05) is 6.04 Å². The zero-order valence-corrected chi connectivity index (χ0v) is 11.5. The number of hydrogen-bond donors (Lipinski definition) is 2. The Kier molecular flexibility index (Phi) is 5.63. The van der Waals surface area contributed by atoms with Gasteiger partial charge in [-0.1, -0.05) is 19.1 Å². The largest absolute Gasteiger partial charge is 0.491 e. The summed E-state index contributed by atoms with van der Waals surface area (Å²) in [6.45, 7) is 4.61. The van der Waals surface area contributed by atoms with Crippen LogP contribution in [0.3, 0.4) is 0 Å². The standard InChI is InChI=1S/C15H23NO3/c1-2-16-14-7-6-13-12(14)4-3-5-15(13)19-11-10-18-9-8-17/h3-5,14,16-17H,2,6-11H2,1H3. The minimum Gasteiger partial charge on any atom is -0.491 e. The van der Waals surface area contributed by atoms with Crippen LogP contribution in [0.25, 0.3) is 0 Å². The van der Waals surface area contributed by atoms with Crippen molar-refractivity contribution in [3.05, 3.63) is 29.3 Å². The van der Waals surface area contributed by atoms with E-state index in [1.165, 1.54) is 11.1 Å². The van der Waals surface area contributed by atoms with E-state index in [1.54, 1.807) is 0 Å². The fourth-order valence-corrected chi connectivity index (χ4v) is 2.59. The molecule has 0 saturated heterocycles. The van der Waals surface area contributed by atoms with E-state index >= 15 is 0 Å². The zero-order valence-electron chi connectivity index (χ0n) is 11.5. The predicted molar refractivity (Wildman–Crippen MR) is 74.6 cm³/mol. The molecule has 1 aliphatic rings. The second kappa shape index (κ2) is 7.48. The van der Waals surface area contributed by atoms with Crippen LogP contribution in [-0.4, -0.2) is 38.1 Å². The third kappa shape index (κ3) is 3.69. The lowest BCUT2D eigenvalue weighted by Crippen LogP contribution is -2.18. The van der Waals surface area contributed by atoms with Gasteiger partial charge in [-0.15, -0.1) is 0 Å². The molecule has 1 aromatic carbocycles. The molecule has 1 aromatic rings. The second-order valence-electron chi connectivity index (χ2n) is 4.66. The molecule has 2 N–H and O–H groups in total. The molecule has 106 valence electrons. The molecule has 4 nitrogen and oxygen atoms in total. The van der Waals surface area contributed by atoms with Crippen LogP contribution in [0.4, 0.5) is 0 Å². The molecule has 0 aliphatic heterocycles. The van der Waals surface area contributed by atoms with Gasteiger partial charge in [0.2, 0.25) is 0 Å². The molecular formula is C15H23NO3. The van der Waals surface area contributed by atoms with Crippen LogP contribution in [0.15, 0.2) is 18.2 Å². The van der Waals surface area contributed by atoms with Crippen molar-refractivity contribution in [1.82, 2.24) is 5.32 Å². The quantitative estimate of drug-likeness (QED) is 0.702. The van der Waals surface area contributed by atoms with Crippen molar-refractivity contribution in [3.63, 3.8) is 0 Å². The van der Waals surface area contributed by atoms with Crippen LogP contribution < -0.4 is 10.1 Å². The Morgan fingerprint density at radius 3 is 3.00 bits per heavy atom. The maximum absolute atomic E-state index is 8.62. The fourth-order valence-electron chi connectivity index (χ4n) is 2.59. The van der Waals surface area contributed by atoms with Crippen molar-refractivity contribution in [3.8, 4) is 5.75 Å². The zero-order chi connectivity index (χ0) is 13.5. The Labute approximate surface area is 114 Å². The minimum absolute atomic E-state index is 0.0606. The number of aliphatic hydroxyl groups is 1. The fraction of sp³-hybridized carbons (Fsp3) is 0.600. The van der Waals surface area contributed by atoms with Crippen molar-refractivity contribution < 1.29 is 14.6 Å². The number of nitrogens with one attached hydrogen (secondary N) is 1. The highest BCUT2D eigenvalue weighted by atomic mass is 16.5. The molecule has 19 heavy (non-hydrogen) atoms. The van der Waals surface area contributed by atoms with Crippen molar-refractivity contribution in [2.45, 2.75) is 25.8 Å². The van der Waals surface area contributed by atoms with Gasteiger partial charge in [-0.05, 0) is 36.6 Å². The summed E-state index contributed by atoms with van der Waals surface area (Å²) in [4.78, 5) is 0. The summed E-state index contributed by atoms with van der Waals surface area (Å²) in [6, 6.07) is 6.73. The predicted octanol–water partition coefficient (Wildman–Crippen LogP) is 1.67. The highest BCUT2D eigenvalue weighted by Gasteiger charge is 2.24. The van der Waals surface area contributed by atoms with E-state index in [-0.39, 0.29) is 6.61 Å². The first-order chi connectivity index (χ1) is 9.36. The molecule has 0 radical (unpaired) electrons. The minimum atomic E-state index is 0.0606. The molecule has 0 heterocycles. The number of fused-ring (bicyclic) bond motifs is 1. The second-order valence-corrected chi connectivity index (χ2v) is 4.66. The highest BCUT2D eigenvalue weighted by molar-refractivity contribution is 5.45. The number of rotatable bonds is 8. The Morgan fingerprint density at radius 2 is 2.21 bits per heavy atom. The molecule has 0 saturated carbocycles. The van der Waals surface area contributed by atoms with Crippen LogP contribution >= 0.6 is 0 Å². The third-order valence-electron chi connectivity index (χ3n) is 3.40. The third-order valence-corrected chi connectivity index (χ3v) is 3.40. The summed E-state index contributed by atoms with van der Waals surface area (Å²) in [7, 11) is 0. The lowest BCUT2D eigenvalue weighted by Gasteiger charge is -2.14. The monoisotopic (exact) mass is 265 g/mol. The number of benzene rings is 1. The molecule has 0 fully saturated rings. The van der Waals surface area contributed by atoms with Crippen molar-refractivity contribution >= 4 is 0 Å². The molecule has 0 spiro atoms. The average molecular weight is 265 g/mol. The van der Waals surface area contributed by atoms with E-state index < -0.39 is 0 Å². The smallest absolute Gasteiger partial charge is 0.122 e. The van der Waals surface area contributed by atoms with E-state index in [9.17, 15) is 0 Å². The Hall–Kier alpha value is -1.10. The first-order valence-electron chi connectivity index (χ1n) is 7.03. The van der Waals surface area contributed by atoms with Crippen LogP contribution in [0.2, 0.25) is 0 Å². The van der Waals surface area contributed by atoms with E-state index in [4.69, 9.17) is 14.6 Å². The van der Waals surface area contributed by atoms with Crippen molar-refractivity contribution in [2.75, 3.05) is 33.0 Å². The first kappa shape index (κ1) is 14.3. The topological polar surface area (TPSA) is 50.7 Å². The van der Waals surface area contributed by atoms with Gasteiger partial charge in [-0.3, -0.25) is 0 Å². The summed E-state index contributed by atoms with van der Waals surface area (Å²) in [5, 5.41) is 12.1. The van der Waals surface area contributed by atoms with E-state index in [2.05, 4.69) is 24.4 Å². The highest BCUT2D eigenvalue weighted by Crippen LogP contribution is 2.36. The van der Waals surface area contributed by atoms with Crippen LogP contribution in [0, 0.1) is 0 Å². The number of ether oxygens (including phenoxy) is 2. The summed E-state index contributed by atoms with van der Waals surface area (Å²) in [5.41, 5.74) is 2.70. The van der Waals surface area contributed by atoms with Gasteiger partial charge in [0.1, 0.15) is 12.4 Å². The average Bonchev–Trinajstić information content (AvgIpc) is 2.83. The van der Waals surface area contributed by atoms with E-state index in [0.29, 0.717) is 25.9 Å². The summed E-state index contributed by atoms with van der Waals surface area (Å²) >= 11 is 0. The van der Waals surface area contributed by atoms with Crippen LogP contribution in [0.5, 0.6) is 5.75 Å². The van der Waals surface area contributed by atoms with Gasteiger partial charge in [-0.2, -0.15) is 0 Å². The van der Waals surface area contributed by atoms with E-state index in [1.807, 2.05) is 6.07 Å². The molecule has 2 rings (SSSR count). The van der Waals surface area contributed by atoms with Crippen molar-refractivity contribution in [2.24, 2.45) is 0 Å². The number of hydrogen-bond acceptors (Lipinski definition) is 4. The molecule has 0 aromatic heterocycles. The Bertz CT molecular complexity index is 395. The molecule has 1 unspecified atom stereocenters. The SMILES string of the molecule is CCNC1CCc2c(OCCOCCO)cccc21. The maximum atomic E-state index is 8.62. The van der Waals surface area contributed by atoms with Crippen LogP contribution in [0.1, 0.15) is 30.5 Å². The van der Waals surface area contributed by atoms with Gasteiger partial charge < -0.3 is 19.9 Å². The first-order valence-corrected chi connectivity index (χ1v) is 7.03. The summed E-state index contributed by atoms with van der Waals surface area (Å²) in [6.07, 6.45) is 2.21. The molecule has 0 amide bonds. The van der Waals surface area contributed by atoms with Gasteiger partial charge >= 0.3 is 0 Å². The Balaban J connectivity index is 1.92.